The van der Waals surface area contributed by atoms with Crippen LogP contribution in [0.15, 0.2) is 6.07 Å². The van der Waals surface area contributed by atoms with Gasteiger partial charge < -0.3 is 1.43 Å². The van der Waals surface area contributed by atoms with Crippen molar-refractivity contribution in [2.45, 2.75) is 6.42 Å². The second-order valence-corrected chi connectivity index (χ2v) is 3.30. The Morgan fingerprint density at radius 3 is 2.69 bits per heavy atom. The quantitative estimate of drug-likeness (QED) is 0.533. The molecular weight excluding hydrogens is 242 g/mol. The number of thiol groups is 1. The van der Waals surface area contributed by atoms with Crippen LogP contribution in [0.25, 0.3) is 0 Å². The zero-order chi connectivity index (χ0) is 9.14. The molecular formula is C6H5Cl2N2NaOS. The van der Waals surface area contributed by atoms with Crippen molar-refractivity contribution in [2.24, 2.45) is 0 Å². The number of carbonyl (C=O) groups excluding carboxylic acids is 1. The molecule has 0 atom stereocenters. The number of hydrogen-bond donors (Lipinski definition) is 1. The predicted octanol–water partition coefficient (Wildman–Crippen LogP) is -1.10. The third kappa shape index (κ3) is 4.63. The Balaban J connectivity index is 0. The van der Waals surface area contributed by atoms with E-state index in [-0.39, 0.29) is 52.8 Å². The minimum Gasteiger partial charge on any atom is -1.00 e. The number of aromatic nitrogens is 2. The van der Waals surface area contributed by atoms with Crippen molar-refractivity contribution < 1.29 is 35.8 Å². The van der Waals surface area contributed by atoms with Crippen molar-refractivity contribution in [1.29, 1.82) is 0 Å². The Bertz CT molecular complexity index is 329. The van der Waals surface area contributed by atoms with E-state index in [0.717, 1.165) is 0 Å². The largest absolute Gasteiger partial charge is 1.00 e. The summed E-state index contributed by atoms with van der Waals surface area (Å²) in [5, 5.41) is 7.13. The zero-order valence-corrected chi connectivity index (χ0v) is 11.2. The Kier molecular flexibility index (Phi) is 6.54. The van der Waals surface area contributed by atoms with Gasteiger partial charge in [0.05, 0.1) is 0 Å². The number of rotatable bonds is 2. The van der Waals surface area contributed by atoms with Crippen LogP contribution in [0.5, 0.6) is 0 Å². The molecule has 0 fully saturated rings. The van der Waals surface area contributed by atoms with Gasteiger partial charge in [0.1, 0.15) is 0 Å². The predicted molar refractivity (Wildman–Crippen MR) is 50.9 cm³/mol. The second kappa shape index (κ2) is 6.22. The van der Waals surface area contributed by atoms with Gasteiger partial charge >= 0.3 is 29.6 Å². The van der Waals surface area contributed by atoms with Crippen LogP contribution in [0, 0.1) is 0 Å². The summed E-state index contributed by atoms with van der Waals surface area (Å²) < 4.78 is 0. The minimum atomic E-state index is -0.291. The maximum Gasteiger partial charge on any atom is 1.00 e. The fraction of sp³-hybridized carbons (Fsp3) is 0.167. The summed E-state index contributed by atoms with van der Waals surface area (Å²) in [5.74, 6) is 0. The van der Waals surface area contributed by atoms with E-state index < -0.39 is 0 Å². The van der Waals surface area contributed by atoms with Crippen molar-refractivity contribution in [3.05, 3.63) is 21.9 Å². The van der Waals surface area contributed by atoms with Crippen molar-refractivity contribution in [3.63, 3.8) is 0 Å². The molecule has 0 unspecified atom stereocenters. The molecule has 0 aliphatic heterocycles. The molecule has 7 heteroatoms. The van der Waals surface area contributed by atoms with E-state index in [1.165, 1.54) is 6.07 Å². The molecule has 1 heterocycles. The van der Waals surface area contributed by atoms with Gasteiger partial charge in [-0.1, -0.05) is 23.2 Å². The minimum absolute atomic E-state index is 0. The summed E-state index contributed by atoms with van der Waals surface area (Å²) in [7, 11) is 0. The summed E-state index contributed by atoms with van der Waals surface area (Å²) in [5.41, 5.74) is 0.539. The zero-order valence-electron chi connectivity index (χ0n) is 7.79. The van der Waals surface area contributed by atoms with Crippen LogP contribution in [0.1, 0.15) is 6.99 Å². The van der Waals surface area contributed by atoms with Gasteiger partial charge in [0.15, 0.2) is 15.4 Å². The Labute approximate surface area is 114 Å². The van der Waals surface area contributed by atoms with Gasteiger partial charge in [-0.2, -0.15) is 0 Å². The molecule has 1 rings (SSSR count). The van der Waals surface area contributed by atoms with Crippen molar-refractivity contribution in [2.75, 3.05) is 0 Å². The van der Waals surface area contributed by atoms with E-state index in [4.69, 9.17) is 23.2 Å². The van der Waals surface area contributed by atoms with E-state index in [1.807, 2.05) is 0 Å². The monoisotopic (exact) mass is 246 g/mol. The maximum absolute atomic E-state index is 10.6. The van der Waals surface area contributed by atoms with E-state index >= 15 is 0 Å². The molecule has 0 aliphatic carbocycles. The summed E-state index contributed by atoms with van der Waals surface area (Å²) in [6.07, 6.45) is 0.108. The van der Waals surface area contributed by atoms with Crippen LogP contribution in [0.2, 0.25) is 10.3 Å². The Morgan fingerprint density at radius 1 is 1.54 bits per heavy atom. The number of nitrogens with zero attached hydrogens (tertiary/aromatic N) is 2. The average molecular weight is 247 g/mol. The van der Waals surface area contributed by atoms with Gasteiger partial charge in [-0.05, 0) is 6.07 Å². The molecule has 1 aromatic heterocycles. The number of carbonyl (C=O) groups is 1. The molecule has 0 aliphatic rings. The van der Waals surface area contributed by atoms with Gasteiger partial charge in [0.25, 0.3) is 0 Å². The molecule has 13 heavy (non-hydrogen) atoms. The molecule has 0 saturated heterocycles. The van der Waals surface area contributed by atoms with E-state index in [9.17, 15) is 4.79 Å². The van der Waals surface area contributed by atoms with Crippen molar-refractivity contribution >= 4 is 40.9 Å². The first-order valence-corrected chi connectivity index (χ1v) is 4.19. The molecule has 0 amide bonds. The first-order chi connectivity index (χ1) is 5.59. The van der Waals surface area contributed by atoms with Crippen molar-refractivity contribution in [3.8, 4) is 0 Å². The molecule has 0 spiro atoms. The molecule has 0 saturated carbocycles. The van der Waals surface area contributed by atoms with Crippen LogP contribution in [0.3, 0.4) is 0 Å². The van der Waals surface area contributed by atoms with Crippen LogP contribution in [-0.4, -0.2) is 15.3 Å². The molecule has 66 valence electrons. The third-order valence-corrected chi connectivity index (χ3v) is 1.79. The van der Waals surface area contributed by atoms with E-state index in [2.05, 4.69) is 22.8 Å². The van der Waals surface area contributed by atoms with Gasteiger partial charge in [-0.25, -0.2) is 0 Å². The van der Waals surface area contributed by atoms with Gasteiger partial charge in [0, 0.05) is 12.0 Å². The van der Waals surface area contributed by atoms with Crippen molar-refractivity contribution in [1.82, 2.24) is 10.2 Å². The van der Waals surface area contributed by atoms with Gasteiger partial charge in [0.2, 0.25) is 0 Å². The molecule has 1 aromatic rings. The molecule has 3 nitrogen and oxygen atoms in total. The summed E-state index contributed by atoms with van der Waals surface area (Å²) in [4.78, 5) is 10.6. The normalized spacial score (nSPS) is 9.15. The summed E-state index contributed by atoms with van der Waals surface area (Å²) >= 11 is 14.8. The Morgan fingerprint density at radius 2 is 2.15 bits per heavy atom. The summed E-state index contributed by atoms with van der Waals surface area (Å²) in [6.45, 7) is 0. The first kappa shape index (κ1) is 13.7. The number of halogens is 2. The smallest absolute Gasteiger partial charge is 1.00 e. The fourth-order valence-electron chi connectivity index (χ4n) is 0.675. The molecule has 0 radical (unpaired) electrons. The van der Waals surface area contributed by atoms with Crippen LogP contribution in [0.4, 0.5) is 0 Å². The van der Waals surface area contributed by atoms with Gasteiger partial charge in [-0.3, -0.25) is 4.79 Å². The SMILES string of the molecule is O=C(S)Cc1cc(Cl)nnc1Cl.[H-].[Na+]. The average Bonchev–Trinajstić information content (AvgIpc) is 1.96. The second-order valence-electron chi connectivity index (χ2n) is 2.05. The molecule has 0 bridgehead atoms. The third-order valence-electron chi connectivity index (χ3n) is 1.13. The number of hydrogen-bond acceptors (Lipinski definition) is 3. The van der Waals surface area contributed by atoms with Gasteiger partial charge in [-0.15, -0.1) is 22.8 Å². The summed E-state index contributed by atoms with van der Waals surface area (Å²) in [6, 6.07) is 1.49. The standard InChI is InChI=1S/C6H4Cl2N2OS.Na.H/c7-4-1-3(2-5(11)12)6(8)10-9-4;;/h1H,2H2,(H,11,12);;/q;+1;-1. The molecule has 0 N–H and O–H groups in total. The van der Waals surface area contributed by atoms with E-state index in [1.54, 1.807) is 0 Å². The van der Waals surface area contributed by atoms with Crippen LogP contribution >= 0.6 is 35.8 Å². The van der Waals surface area contributed by atoms with E-state index in [0.29, 0.717) is 5.56 Å². The fourth-order valence-corrected chi connectivity index (χ4v) is 1.17. The topological polar surface area (TPSA) is 42.9 Å². The van der Waals surface area contributed by atoms with Crippen LogP contribution in [-0.2, 0) is 11.2 Å². The van der Waals surface area contributed by atoms with Crippen LogP contribution < -0.4 is 29.6 Å². The molecule has 0 aromatic carbocycles. The Hall–Kier alpha value is 0.680. The first-order valence-electron chi connectivity index (χ1n) is 2.99. The maximum atomic E-state index is 10.6.